The average molecular weight is 535 g/mol. The number of carbonyl (C=O) groups excluding carboxylic acids is 4. The van der Waals surface area contributed by atoms with Gasteiger partial charge in [-0.25, -0.2) is 4.79 Å². The Bertz CT molecular complexity index is 1170. The van der Waals surface area contributed by atoms with Crippen LogP contribution in [-0.2, 0) is 14.3 Å². The van der Waals surface area contributed by atoms with Gasteiger partial charge in [0.05, 0.1) is 10.9 Å². The molecule has 2 saturated heterocycles. The second-order valence-electron chi connectivity index (χ2n) is 8.74. The molecule has 0 radical (unpaired) electrons. The molecule has 36 heavy (non-hydrogen) atoms. The van der Waals surface area contributed by atoms with E-state index < -0.39 is 17.5 Å². The van der Waals surface area contributed by atoms with Crippen LogP contribution < -0.4 is 15.4 Å². The Balaban J connectivity index is 1.40. The molecule has 4 amide bonds. The van der Waals surface area contributed by atoms with Gasteiger partial charge < -0.3 is 29.9 Å². The van der Waals surface area contributed by atoms with E-state index in [-0.39, 0.29) is 24.8 Å². The van der Waals surface area contributed by atoms with Crippen LogP contribution >= 0.6 is 22.9 Å². The summed E-state index contributed by atoms with van der Waals surface area (Å²) in [7, 11) is 0. The van der Waals surface area contributed by atoms with Crippen LogP contribution in [0, 0.1) is 6.92 Å². The largest absolute Gasteiger partial charge is 0.414 e. The summed E-state index contributed by atoms with van der Waals surface area (Å²) in [4.78, 5) is 53.6. The number of carbonyl (C=O) groups is 4. The van der Waals surface area contributed by atoms with E-state index in [0.717, 1.165) is 11.3 Å². The SMILES string of the molecule is CC(=O)N1CCN(C(=O)c2ccc(NC(=O)C3(NC(=O)Oc4ccc(Cl)s4)CCOC3)cc2C)CC1. The molecule has 1 unspecified atom stereocenters. The van der Waals surface area contributed by atoms with Crippen molar-refractivity contribution < 1.29 is 28.7 Å². The first kappa shape index (κ1) is 25.9. The molecule has 0 bridgehead atoms. The van der Waals surface area contributed by atoms with Gasteiger partial charge in [-0.05, 0) is 42.8 Å². The minimum Gasteiger partial charge on any atom is -0.399 e. The van der Waals surface area contributed by atoms with E-state index in [1.54, 1.807) is 47.1 Å². The maximum Gasteiger partial charge on any atom is 0.414 e. The number of benzene rings is 1. The van der Waals surface area contributed by atoms with Crippen molar-refractivity contribution in [3.05, 3.63) is 45.8 Å². The standard InChI is InChI=1S/C24H27ClN4O6S/c1-15-13-17(3-4-18(15)21(31)29-10-8-28(9-11-29)16(2)30)26-22(32)24(7-12-34-14-24)27-23(33)35-20-6-5-19(25)36-20/h3-6,13H,7-12,14H2,1-2H3,(H,26,32)(H,27,33). The molecular weight excluding hydrogens is 508 g/mol. The molecule has 2 N–H and O–H groups in total. The lowest BCUT2D eigenvalue weighted by molar-refractivity contribution is -0.130. The van der Waals surface area contributed by atoms with Crippen LogP contribution in [0.1, 0.15) is 29.3 Å². The van der Waals surface area contributed by atoms with Gasteiger partial charge in [0, 0.05) is 57.4 Å². The lowest BCUT2D eigenvalue weighted by Gasteiger charge is -2.34. The quantitative estimate of drug-likeness (QED) is 0.609. The molecule has 1 aromatic heterocycles. The van der Waals surface area contributed by atoms with Crippen LogP contribution in [0.25, 0.3) is 0 Å². The van der Waals surface area contributed by atoms with Crippen molar-refractivity contribution in [1.82, 2.24) is 15.1 Å². The number of hydrogen-bond donors (Lipinski definition) is 2. The van der Waals surface area contributed by atoms with Crippen molar-refractivity contribution in [1.29, 1.82) is 0 Å². The van der Waals surface area contributed by atoms with Gasteiger partial charge in [-0.15, -0.1) is 0 Å². The molecule has 2 aliphatic heterocycles. The Morgan fingerprint density at radius 3 is 2.39 bits per heavy atom. The Labute approximate surface area is 217 Å². The highest BCUT2D eigenvalue weighted by molar-refractivity contribution is 7.17. The molecule has 192 valence electrons. The van der Waals surface area contributed by atoms with Crippen molar-refractivity contribution in [3.63, 3.8) is 0 Å². The second kappa shape index (κ2) is 10.9. The van der Waals surface area contributed by atoms with Gasteiger partial charge in [0.15, 0.2) is 5.06 Å². The summed E-state index contributed by atoms with van der Waals surface area (Å²) >= 11 is 6.97. The number of aryl methyl sites for hydroxylation is 1. The van der Waals surface area contributed by atoms with E-state index in [0.29, 0.717) is 59.0 Å². The minimum absolute atomic E-state index is 0.000915. The molecule has 2 fully saturated rings. The summed E-state index contributed by atoms with van der Waals surface area (Å²) < 4.78 is 11.1. The molecule has 0 spiro atoms. The van der Waals surface area contributed by atoms with Gasteiger partial charge >= 0.3 is 6.09 Å². The maximum atomic E-state index is 13.2. The van der Waals surface area contributed by atoms with Crippen LogP contribution in [0.5, 0.6) is 5.06 Å². The van der Waals surface area contributed by atoms with E-state index in [1.807, 2.05) is 0 Å². The summed E-state index contributed by atoms with van der Waals surface area (Å²) in [6.07, 6.45) is -0.503. The lowest BCUT2D eigenvalue weighted by Crippen LogP contribution is -2.58. The number of thiophene rings is 1. The van der Waals surface area contributed by atoms with Crippen LogP contribution in [-0.4, -0.2) is 78.5 Å². The van der Waals surface area contributed by atoms with Crippen molar-refractivity contribution >= 4 is 52.4 Å². The highest BCUT2D eigenvalue weighted by Gasteiger charge is 2.44. The number of nitrogens with zero attached hydrogens (tertiary/aromatic N) is 2. The summed E-state index contributed by atoms with van der Waals surface area (Å²) in [6.45, 7) is 5.58. The van der Waals surface area contributed by atoms with Crippen LogP contribution in [0.15, 0.2) is 30.3 Å². The molecule has 1 aromatic carbocycles. The van der Waals surface area contributed by atoms with Gasteiger partial charge in [0.25, 0.3) is 11.8 Å². The highest BCUT2D eigenvalue weighted by Crippen LogP contribution is 2.29. The van der Waals surface area contributed by atoms with Gasteiger partial charge in [-0.3, -0.25) is 14.4 Å². The predicted molar refractivity (Wildman–Crippen MR) is 135 cm³/mol. The molecule has 1 atom stereocenters. The van der Waals surface area contributed by atoms with Crippen LogP contribution in [0.4, 0.5) is 10.5 Å². The van der Waals surface area contributed by atoms with E-state index in [9.17, 15) is 19.2 Å². The first-order chi connectivity index (χ1) is 17.2. The van der Waals surface area contributed by atoms with Gasteiger partial charge in [0.2, 0.25) is 5.91 Å². The Kier molecular flexibility index (Phi) is 7.82. The van der Waals surface area contributed by atoms with Gasteiger partial charge in [-0.1, -0.05) is 22.9 Å². The van der Waals surface area contributed by atoms with Gasteiger partial charge in [-0.2, -0.15) is 0 Å². The zero-order valence-corrected chi connectivity index (χ0v) is 21.5. The molecule has 0 saturated carbocycles. The fourth-order valence-electron chi connectivity index (χ4n) is 4.19. The zero-order valence-electron chi connectivity index (χ0n) is 20.0. The third kappa shape index (κ3) is 5.80. The maximum absolute atomic E-state index is 13.2. The third-order valence-electron chi connectivity index (χ3n) is 6.27. The predicted octanol–water partition coefficient (Wildman–Crippen LogP) is 2.90. The third-order valence-corrected chi connectivity index (χ3v) is 7.38. The van der Waals surface area contributed by atoms with Gasteiger partial charge in [0.1, 0.15) is 5.54 Å². The Hall–Kier alpha value is -3.15. The normalized spacial score (nSPS) is 19.6. The number of amides is 4. The molecule has 3 heterocycles. The monoisotopic (exact) mass is 534 g/mol. The van der Waals surface area contributed by atoms with Crippen molar-refractivity contribution in [2.45, 2.75) is 25.8 Å². The number of anilines is 1. The van der Waals surface area contributed by atoms with Crippen molar-refractivity contribution in [2.75, 3.05) is 44.7 Å². The first-order valence-corrected chi connectivity index (χ1v) is 12.7. The Morgan fingerprint density at radius 2 is 1.81 bits per heavy atom. The zero-order chi connectivity index (χ0) is 25.9. The fraction of sp³-hybridized carbons (Fsp3) is 0.417. The summed E-state index contributed by atoms with van der Waals surface area (Å²) in [5.74, 6) is -0.560. The van der Waals surface area contributed by atoms with E-state index in [4.69, 9.17) is 21.1 Å². The summed E-state index contributed by atoms with van der Waals surface area (Å²) in [5, 5.41) is 5.78. The summed E-state index contributed by atoms with van der Waals surface area (Å²) in [6, 6.07) is 8.22. The van der Waals surface area contributed by atoms with E-state index in [2.05, 4.69) is 10.6 Å². The first-order valence-electron chi connectivity index (χ1n) is 11.5. The topological polar surface area (TPSA) is 117 Å². The molecule has 10 nitrogen and oxygen atoms in total. The Morgan fingerprint density at radius 1 is 1.08 bits per heavy atom. The molecule has 2 aliphatic rings. The number of hydrogen-bond acceptors (Lipinski definition) is 7. The number of rotatable bonds is 5. The number of nitrogens with one attached hydrogen (secondary N) is 2. The molecule has 2 aromatic rings. The highest BCUT2D eigenvalue weighted by atomic mass is 35.5. The van der Waals surface area contributed by atoms with Crippen LogP contribution in [0.3, 0.4) is 0 Å². The molecule has 12 heteroatoms. The molecular formula is C24H27ClN4O6S. The molecule has 0 aliphatic carbocycles. The average Bonchev–Trinajstić information content (AvgIpc) is 3.48. The lowest BCUT2D eigenvalue weighted by atomic mass is 9.97. The summed E-state index contributed by atoms with van der Waals surface area (Å²) in [5.41, 5.74) is 0.420. The smallest absolute Gasteiger partial charge is 0.399 e. The van der Waals surface area contributed by atoms with E-state index in [1.165, 1.54) is 6.92 Å². The van der Waals surface area contributed by atoms with Crippen molar-refractivity contribution in [2.24, 2.45) is 0 Å². The number of halogens is 1. The second-order valence-corrected chi connectivity index (χ2v) is 10.4. The van der Waals surface area contributed by atoms with E-state index >= 15 is 0 Å². The van der Waals surface area contributed by atoms with Crippen molar-refractivity contribution in [3.8, 4) is 5.06 Å². The fourth-order valence-corrected chi connectivity index (χ4v) is 5.06. The van der Waals surface area contributed by atoms with Crippen LogP contribution in [0.2, 0.25) is 4.34 Å². The minimum atomic E-state index is -1.29. The number of ether oxygens (including phenoxy) is 2. The molecule has 4 rings (SSSR count). The number of piperazine rings is 1.